The Kier molecular flexibility index (Phi) is 4.84. The zero-order chi connectivity index (χ0) is 12.8. The molecule has 4 nitrogen and oxygen atoms in total. The molecule has 0 heterocycles. The second kappa shape index (κ2) is 6.15. The smallest absolute Gasteiger partial charge is 0.323 e. The minimum absolute atomic E-state index is 0.307. The van der Waals surface area contributed by atoms with E-state index in [1.807, 2.05) is 13.8 Å². The van der Waals surface area contributed by atoms with Crippen molar-refractivity contribution in [3.63, 3.8) is 0 Å². The van der Waals surface area contributed by atoms with Crippen LogP contribution in [0, 0.1) is 0 Å². The van der Waals surface area contributed by atoms with E-state index < -0.39 is 0 Å². The van der Waals surface area contributed by atoms with E-state index in [1.165, 1.54) is 0 Å². The van der Waals surface area contributed by atoms with Crippen LogP contribution in [-0.4, -0.2) is 6.03 Å². The third-order valence-corrected chi connectivity index (χ3v) is 2.59. The largest absolute Gasteiger partial charge is 0.398 e. The number of carbonyl (C=O) groups excluding carboxylic acids is 1. The first-order valence-electron chi connectivity index (χ1n) is 5.31. The minimum atomic E-state index is -0.307. The predicted octanol–water partition coefficient (Wildman–Crippen LogP) is 3.36. The molecule has 1 rings (SSSR count). The van der Waals surface area contributed by atoms with Gasteiger partial charge in [0.15, 0.2) is 0 Å². The summed E-state index contributed by atoms with van der Waals surface area (Å²) >= 11 is 5.84. The summed E-state index contributed by atoms with van der Waals surface area (Å²) in [6.45, 7) is 3.96. The second-order valence-electron chi connectivity index (χ2n) is 3.68. The van der Waals surface area contributed by atoms with Crippen molar-refractivity contribution in [3.8, 4) is 0 Å². The first-order valence-corrected chi connectivity index (χ1v) is 5.69. The van der Waals surface area contributed by atoms with E-state index in [9.17, 15) is 4.79 Å². The molecular formula is C12H16ClN3O. The highest BCUT2D eigenvalue weighted by atomic mass is 35.5. The molecule has 2 amide bonds. The molecule has 1 aromatic rings. The highest BCUT2D eigenvalue weighted by Gasteiger charge is 2.02. The molecule has 0 spiro atoms. The van der Waals surface area contributed by atoms with E-state index in [-0.39, 0.29) is 6.03 Å². The lowest BCUT2D eigenvalue weighted by molar-refractivity contribution is 0.255. The Bertz CT molecular complexity index is 443. The number of nitrogens with two attached hydrogens (primary N) is 1. The molecule has 0 atom stereocenters. The summed E-state index contributed by atoms with van der Waals surface area (Å²) in [5.74, 6) is 0. The summed E-state index contributed by atoms with van der Waals surface area (Å²) in [5.41, 5.74) is 7.75. The third kappa shape index (κ3) is 4.36. The average Bonchev–Trinajstić information content (AvgIpc) is 2.31. The second-order valence-corrected chi connectivity index (χ2v) is 4.09. The van der Waals surface area contributed by atoms with Crippen LogP contribution in [0.25, 0.3) is 0 Å². The normalized spacial score (nSPS) is 11.1. The van der Waals surface area contributed by atoms with Crippen LogP contribution in [0.1, 0.15) is 20.3 Å². The number of hydrogen-bond acceptors (Lipinski definition) is 2. The van der Waals surface area contributed by atoms with E-state index >= 15 is 0 Å². The van der Waals surface area contributed by atoms with Crippen molar-refractivity contribution in [2.45, 2.75) is 20.3 Å². The zero-order valence-electron chi connectivity index (χ0n) is 9.88. The Balaban J connectivity index is 2.59. The fourth-order valence-corrected chi connectivity index (χ4v) is 1.24. The summed E-state index contributed by atoms with van der Waals surface area (Å²) in [6.07, 6.45) is 2.57. The number of halogens is 1. The van der Waals surface area contributed by atoms with E-state index in [2.05, 4.69) is 10.6 Å². The van der Waals surface area contributed by atoms with Crippen LogP contribution in [-0.2, 0) is 0 Å². The van der Waals surface area contributed by atoms with E-state index in [1.54, 1.807) is 24.4 Å². The van der Waals surface area contributed by atoms with Gasteiger partial charge in [0.05, 0.1) is 10.7 Å². The number of amides is 2. The van der Waals surface area contributed by atoms with Crippen LogP contribution in [0.2, 0.25) is 5.02 Å². The lowest BCUT2D eigenvalue weighted by Gasteiger charge is -2.06. The van der Waals surface area contributed by atoms with E-state index in [0.717, 1.165) is 12.0 Å². The van der Waals surface area contributed by atoms with Gasteiger partial charge in [0.1, 0.15) is 0 Å². The average molecular weight is 254 g/mol. The van der Waals surface area contributed by atoms with Gasteiger partial charge in [-0.05, 0) is 31.5 Å². The lowest BCUT2D eigenvalue weighted by Crippen LogP contribution is -2.24. The predicted molar refractivity (Wildman–Crippen MR) is 72.1 cm³/mol. The lowest BCUT2D eigenvalue weighted by atomic mass is 10.2. The molecule has 17 heavy (non-hydrogen) atoms. The molecule has 0 bridgehead atoms. The fraction of sp³-hybridized carbons (Fsp3) is 0.250. The number of urea groups is 1. The van der Waals surface area contributed by atoms with Gasteiger partial charge >= 0.3 is 6.03 Å². The molecule has 0 fully saturated rings. The van der Waals surface area contributed by atoms with Gasteiger partial charge in [0.2, 0.25) is 0 Å². The number of nitrogen functional groups attached to an aromatic ring is 1. The van der Waals surface area contributed by atoms with Crippen LogP contribution in [0.5, 0.6) is 0 Å². The standard InChI is InChI=1S/C12H16ClN3O/c1-3-8(2)7-15-12(17)16-9-4-5-11(14)10(13)6-9/h4-7H,3,14H2,1-2H3,(H2,15,16,17)/b8-7+. The molecule has 4 N–H and O–H groups in total. The third-order valence-electron chi connectivity index (χ3n) is 2.27. The minimum Gasteiger partial charge on any atom is -0.398 e. The first kappa shape index (κ1) is 13.4. The van der Waals surface area contributed by atoms with Gasteiger partial charge < -0.3 is 16.4 Å². The van der Waals surface area contributed by atoms with Crippen molar-refractivity contribution < 1.29 is 4.79 Å². The van der Waals surface area contributed by atoms with Gasteiger partial charge in [-0.2, -0.15) is 0 Å². The van der Waals surface area contributed by atoms with Crippen LogP contribution in [0.3, 0.4) is 0 Å². The summed E-state index contributed by atoms with van der Waals surface area (Å²) in [4.78, 5) is 11.5. The highest BCUT2D eigenvalue weighted by Crippen LogP contribution is 2.22. The van der Waals surface area contributed by atoms with Gasteiger partial charge in [-0.3, -0.25) is 0 Å². The van der Waals surface area contributed by atoms with E-state index in [4.69, 9.17) is 17.3 Å². The van der Waals surface area contributed by atoms with Crippen molar-refractivity contribution in [2.75, 3.05) is 11.1 Å². The van der Waals surface area contributed by atoms with Crippen molar-refractivity contribution >= 4 is 29.0 Å². The quantitative estimate of drug-likeness (QED) is 0.723. The van der Waals surface area contributed by atoms with Crippen molar-refractivity contribution in [1.29, 1.82) is 0 Å². The Morgan fingerprint density at radius 3 is 2.82 bits per heavy atom. The van der Waals surface area contributed by atoms with Crippen LogP contribution in [0.4, 0.5) is 16.2 Å². The Hall–Kier alpha value is -1.68. The molecule has 0 saturated heterocycles. The molecule has 92 valence electrons. The maximum atomic E-state index is 11.5. The molecule has 5 heteroatoms. The number of carbonyl (C=O) groups is 1. The molecule has 0 radical (unpaired) electrons. The van der Waals surface area contributed by atoms with Crippen LogP contribution >= 0.6 is 11.6 Å². The SMILES string of the molecule is CC/C(C)=C/NC(=O)Nc1ccc(N)c(Cl)c1. The molecular weight excluding hydrogens is 238 g/mol. The zero-order valence-corrected chi connectivity index (χ0v) is 10.6. The topological polar surface area (TPSA) is 67.2 Å². The van der Waals surface area contributed by atoms with Crippen molar-refractivity contribution in [1.82, 2.24) is 5.32 Å². The molecule has 0 aromatic heterocycles. The Morgan fingerprint density at radius 1 is 1.53 bits per heavy atom. The van der Waals surface area contributed by atoms with Crippen LogP contribution < -0.4 is 16.4 Å². The number of rotatable bonds is 3. The fourth-order valence-electron chi connectivity index (χ4n) is 1.06. The highest BCUT2D eigenvalue weighted by molar-refractivity contribution is 6.33. The molecule has 0 saturated carbocycles. The summed E-state index contributed by atoms with van der Waals surface area (Å²) < 4.78 is 0. The number of allylic oxidation sites excluding steroid dienone is 1. The van der Waals surface area contributed by atoms with Gasteiger partial charge in [-0.1, -0.05) is 24.1 Å². The maximum Gasteiger partial charge on any atom is 0.323 e. The van der Waals surface area contributed by atoms with Crippen molar-refractivity contribution in [3.05, 3.63) is 35.0 Å². The number of benzene rings is 1. The first-order chi connectivity index (χ1) is 8.02. The Labute approximate surface area is 106 Å². The van der Waals surface area contributed by atoms with Crippen LogP contribution in [0.15, 0.2) is 30.0 Å². The maximum absolute atomic E-state index is 11.5. The van der Waals surface area contributed by atoms with Gasteiger partial charge in [-0.25, -0.2) is 4.79 Å². The monoisotopic (exact) mass is 253 g/mol. The summed E-state index contributed by atoms with van der Waals surface area (Å²) in [6, 6.07) is 4.63. The summed E-state index contributed by atoms with van der Waals surface area (Å²) in [7, 11) is 0. The number of anilines is 2. The summed E-state index contributed by atoms with van der Waals surface area (Å²) in [5, 5.41) is 5.70. The molecule has 0 aliphatic heterocycles. The van der Waals surface area contributed by atoms with Crippen molar-refractivity contribution in [2.24, 2.45) is 0 Å². The molecule has 0 aliphatic carbocycles. The van der Waals surface area contributed by atoms with E-state index in [0.29, 0.717) is 16.4 Å². The molecule has 0 unspecified atom stereocenters. The van der Waals surface area contributed by atoms with Gasteiger partial charge in [0, 0.05) is 11.9 Å². The molecule has 1 aromatic carbocycles. The molecule has 0 aliphatic rings. The Morgan fingerprint density at radius 2 is 2.24 bits per heavy atom. The van der Waals surface area contributed by atoms with Gasteiger partial charge in [0.25, 0.3) is 0 Å². The number of nitrogens with one attached hydrogen (secondary N) is 2. The number of hydrogen-bond donors (Lipinski definition) is 3. The van der Waals surface area contributed by atoms with Gasteiger partial charge in [-0.15, -0.1) is 0 Å².